The van der Waals surface area contributed by atoms with E-state index in [9.17, 15) is 4.79 Å². The molecule has 0 spiro atoms. The second-order valence-corrected chi connectivity index (χ2v) is 11.2. The molecular weight excluding hydrogens is 581 g/mol. The summed E-state index contributed by atoms with van der Waals surface area (Å²) in [7, 11) is 1.57. The van der Waals surface area contributed by atoms with Gasteiger partial charge < -0.3 is 20.1 Å². The van der Waals surface area contributed by atoms with Crippen LogP contribution in [0.4, 0.5) is 11.6 Å². The van der Waals surface area contributed by atoms with Gasteiger partial charge in [-0.2, -0.15) is 4.98 Å². The third kappa shape index (κ3) is 6.48. The Labute approximate surface area is 253 Å². The van der Waals surface area contributed by atoms with E-state index in [0.717, 1.165) is 23.3 Å². The molecule has 0 bridgehead atoms. The number of aromatic nitrogens is 3. The molecule has 4 aromatic rings. The average Bonchev–Trinajstić information content (AvgIpc) is 3.37. The molecule has 0 radical (unpaired) electrons. The molecule has 1 amide bonds. The van der Waals surface area contributed by atoms with Crippen molar-refractivity contribution < 1.29 is 14.3 Å². The first-order valence-corrected chi connectivity index (χ1v) is 14.8. The van der Waals surface area contributed by atoms with Gasteiger partial charge in [0.15, 0.2) is 0 Å². The van der Waals surface area contributed by atoms with Crippen molar-refractivity contribution in [2.75, 3.05) is 23.5 Å². The number of methoxy groups -OCH3 is 1. The van der Waals surface area contributed by atoms with Gasteiger partial charge in [-0.15, -0.1) is 5.10 Å². The standard InChI is InChI=1S/C30H29Cl2N5O3S/c1-4-14-41-30-35-29-33-18(2)26(28(38)34-24-10-5-6-11-25(24)39-3)27(37(29)36-30)19-8-7-9-22(15-19)40-17-20-12-13-21(31)16-23(20)32/h5-13,15-16,27H,4,14,17H2,1-3H3,(H,34,38)(H,33,35,36). The van der Waals surface area contributed by atoms with Crippen LogP contribution in [0.2, 0.25) is 10.0 Å². The number of thioether (sulfide) groups is 1. The van der Waals surface area contributed by atoms with Crippen molar-refractivity contribution in [3.05, 3.63) is 99.2 Å². The van der Waals surface area contributed by atoms with E-state index in [2.05, 4.69) is 17.6 Å². The zero-order chi connectivity index (χ0) is 28.9. The predicted octanol–water partition coefficient (Wildman–Crippen LogP) is 7.60. The second-order valence-electron chi connectivity index (χ2n) is 9.33. The maximum Gasteiger partial charge on any atom is 0.255 e. The monoisotopic (exact) mass is 609 g/mol. The number of nitrogens with one attached hydrogen (secondary N) is 2. The van der Waals surface area contributed by atoms with Crippen molar-refractivity contribution in [2.45, 2.75) is 38.1 Å². The lowest BCUT2D eigenvalue weighted by Gasteiger charge is -2.29. The van der Waals surface area contributed by atoms with Gasteiger partial charge in [-0.25, -0.2) is 4.68 Å². The van der Waals surface area contributed by atoms with Crippen LogP contribution in [0.15, 0.2) is 83.2 Å². The maximum atomic E-state index is 13.9. The van der Waals surface area contributed by atoms with Crippen molar-refractivity contribution in [1.82, 2.24) is 14.8 Å². The summed E-state index contributed by atoms with van der Waals surface area (Å²) in [6.07, 6.45) is 0.992. The lowest BCUT2D eigenvalue weighted by atomic mass is 9.94. The Morgan fingerprint density at radius 1 is 1.12 bits per heavy atom. The third-order valence-corrected chi connectivity index (χ3v) is 8.08. The number of nitrogens with zero attached hydrogens (tertiary/aromatic N) is 3. The van der Waals surface area contributed by atoms with E-state index in [4.69, 9.17) is 42.8 Å². The minimum Gasteiger partial charge on any atom is -0.495 e. The fourth-order valence-electron chi connectivity index (χ4n) is 4.50. The van der Waals surface area contributed by atoms with Gasteiger partial charge in [-0.3, -0.25) is 4.79 Å². The first kappa shape index (κ1) is 28.9. The molecule has 41 heavy (non-hydrogen) atoms. The number of benzene rings is 3. The summed E-state index contributed by atoms with van der Waals surface area (Å²) in [5, 5.41) is 12.8. The number of carbonyl (C=O) groups excluding carboxylic acids is 1. The van der Waals surface area contributed by atoms with Crippen molar-refractivity contribution in [3.63, 3.8) is 0 Å². The van der Waals surface area contributed by atoms with Gasteiger partial charge in [0, 0.05) is 27.1 Å². The SMILES string of the molecule is CCCSc1nc2n(n1)C(c1cccc(OCc3ccc(Cl)cc3Cl)c1)C(C(=O)Nc1ccccc1OC)=C(C)N2. The second kappa shape index (κ2) is 12.9. The van der Waals surface area contributed by atoms with Gasteiger partial charge in [0.1, 0.15) is 24.1 Å². The van der Waals surface area contributed by atoms with Gasteiger partial charge in [-0.05, 0) is 55.3 Å². The van der Waals surface area contributed by atoms with Crippen molar-refractivity contribution in [1.29, 1.82) is 0 Å². The van der Waals surface area contributed by atoms with Crippen LogP contribution in [-0.2, 0) is 11.4 Å². The van der Waals surface area contributed by atoms with Crippen molar-refractivity contribution >= 4 is 52.5 Å². The Bertz CT molecular complexity index is 1610. The topological polar surface area (TPSA) is 90.3 Å². The number of fused-ring (bicyclic) bond motifs is 1. The number of hydrogen-bond acceptors (Lipinski definition) is 7. The highest BCUT2D eigenvalue weighted by Gasteiger charge is 2.35. The first-order valence-electron chi connectivity index (χ1n) is 13.1. The Morgan fingerprint density at radius 2 is 1.95 bits per heavy atom. The lowest BCUT2D eigenvalue weighted by Crippen LogP contribution is -2.31. The molecule has 0 fully saturated rings. The van der Waals surface area contributed by atoms with E-state index >= 15 is 0 Å². The van der Waals surface area contributed by atoms with Crippen LogP contribution in [-0.4, -0.2) is 33.5 Å². The molecule has 1 aliphatic rings. The van der Waals surface area contributed by atoms with E-state index < -0.39 is 6.04 Å². The van der Waals surface area contributed by atoms with Gasteiger partial charge in [-0.1, -0.05) is 72.2 Å². The lowest BCUT2D eigenvalue weighted by molar-refractivity contribution is -0.113. The number of amides is 1. The van der Waals surface area contributed by atoms with Crippen LogP contribution in [0, 0.1) is 0 Å². The van der Waals surface area contributed by atoms with E-state index in [1.165, 1.54) is 0 Å². The average molecular weight is 611 g/mol. The highest BCUT2D eigenvalue weighted by molar-refractivity contribution is 7.99. The minimum atomic E-state index is -0.563. The summed E-state index contributed by atoms with van der Waals surface area (Å²) >= 11 is 14.0. The Hall–Kier alpha value is -3.66. The molecule has 2 N–H and O–H groups in total. The highest BCUT2D eigenvalue weighted by atomic mass is 35.5. The van der Waals surface area contributed by atoms with E-state index in [-0.39, 0.29) is 12.5 Å². The van der Waals surface area contributed by atoms with Crippen LogP contribution in [0.25, 0.3) is 0 Å². The van der Waals surface area contributed by atoms with Crippen molar-refractivity contribution in [2.24, 2.45) is 0 Å². The molecule has 0 aliphatic carbocycles. The predicted molar refractivity (Wildman–Crippen MR) is 164 cm³/mol. The highest BCUT2D eigenvalue weighted by Crippen LogP contribution is 2.38. The molecule has 11 heteroatoms. The van der Waals surface area contributed by atoms with Gasteiger partial charge in [0.25, 0.3) is 5.91 Å². The largest absolute Gasteiger partial charge is 0.495 e. The number of para-hydroxylation sites is 2. The number of anilines is 2. The zero-order valence-corrected chi connectivity index (χ0v) is 25.1. The molecular formula is C30H29Cl2N5O3S. The Kier molecular flexibility index (Phi) is 9.07. The van der Waals surface area contributed by atoms with Gasteiger partial charge in [0.05, 0.1) is 18.4 Å². The van der Waals surface area contributed by atoms with Crippen molar-refractivity contribution in [3.8, 4) is 11.5 Å². The molecule has 2 heterocycles. The minimum absolute atomic E-state index is 0.258. The quantitative estimate of drug-likeness (QED) is 0.179. The summed E-state index contributed by atoms with van der Waals surface area (Å²) in [6.45, 7) is 4.23. The van der Waals surface area contributed by atoms with Crippen LogP contribution in [0.5, 0.6) is 11.5 Å². The third-order valence-electron chi connectivity index (χ3n) is 6.45. The van der Waals surface area contributed by atoms with Crippen LogP contribution in [0.3, 0.4) is 0 Å². The molecule has 0 saturated carbocycles. The fraction of sp³-hybridized carbons (Fsp3) is 0.233. The summed E-state index contributed by atoms with van der Waals surface area (Å²) in [5.74, 6) is 2.36. The number of ether oxygens (including phenoxy) is 2. The smallest absolute Gasteiger partial charge is 0.255 e. The molecule has 212 valence electrons. The molecule has 1 atom stereocenters. The van der Waals surface area contributed by atoms with E-state index in [1.54, 1.807) is 47.8 Å². The maximum absolute atomic E-state index is 13.9. The summed E-state index contributed by atoms with van der Waals surface area (Å²) in [6, 6.07) is 19.7. The summed E-state index contributed by atoms with van der Waals surface area (Å²) in [4.78, 5) is 18.6. The number of carbonyl (C=O) groups is 1. The number of hydrogen-bond donors (Lipinski definition) is 2. The fourth-order valence-corrected chi connectivity index (χ4v) is 5.65. The van der Waals surface area contributed by atoms with Crippen LogP contribution < -0.4 is 20.1 Å². The van der Waals surface area contributed by atoms with Gasteiger partial charge in [0.2, 0.25) is 11.1 Å². The molecule has 0 saturated heterocycles. The Morgan fingerprint density at radius 3 is 2.73 bits per heavy atom. The molecule has 3 aromatic carbocycles. The van der Waals surface area contributed by atoms with Crippen LogP contribution >= 0.6 is 35.0 Å². The molecule has 5 rings (SSSR count). The number of halogens is 2. The Balaban J connectivity index is 1.50. The summed E-state index contributed by atoms with van der Waals surface area (Å²) < 4.78 is 13.3. The van der Waals surface area contributed by atoms with E-state index in [0.29, 0.717) is 49.6 Å². The molecule has 1 aliphatic heterocycles. The first-order chi connectivity index (χ1) is 19.9. The molecule has 8 nitrogen and oxygen atoms in total. The zero-order valence-electron chi connectivity index (χ0n) is 22.8. The van der Waals surface area contributed by atoms with Crippen LogP contribution in [0.1, 0.15) is 37.4 Å². The molecule has 1 unspecified atom stereocenters. The normalized spacial score (nSPS) is 14.3. The number of allylic oxidation sites excluding steroid dienone is 1. The van der Waals surface area contributed by atoms with E-state index in [1.807, 2.05) is 49.4 Å². The number of rotatable bonds is 10. The molecule has 1 aromatic heterocycles. The van der Waals surface area contributed by atoms with Gasteiger partial charge >= 0.3 is 0 Å². The summed E-state index contributed by atoms with van der Waals surface area (Å²) in [5.41, 5.74) is 3.37.